The largest absolute Gasteiger partial charge is 0.388 e. The van der Waals surface area contributed by atoms with Crippen LogP contribution in [0, 0.1) is 0 Å². The molecule has 3 rings (SSSR count). The molecule has 3 fully saturated rings. The summed E-state index contributed by atoms with van der Waals surface area (Å²) in [7, 11) is 0. The molecule has 3 aliphatic rings. The summed E-state index contributed by atoms with van der Waals surface area (Å²) >= 11 is 0. The van der Waals surface area contributed by atoms with Crippen LogP contribution >= 0.6 is 0 Å². The van der Waals surface area contributed by atoms with E-state index in [0.29, 0.717) is 0 Å². The van der Waals surface area contributed by atoms with Crippen LogP contribution in [0.5, 0.6) is 0 Å². The maximum atomic E-state index is 10.3. The maximum Gasteiger partial charge on any atom is 0.189 e. The summed E-state index contributed by atoms with van der Waals surface area (Å²) < 4.78 is 25.9. The van der Waals surface area contributed by atoms with Gasteiger partial charge in [0, 0.05) is 0 Å². The highest BCUT2D eigenvalue weighted by Crippen LogP contribution is 2.26. The van der Waals surface area contributed by atoms with E-state index in [4.69, 9.17) is 23.7 Å². The van der Waals surface area contributed by atoms with E-state index in [0.717, 1.165) is 0 Å². The van der Waals surface area contributed by atoms with Gasteiger partial charge >= 0.3 is 0 Å². The Kier molecular flexibility index (Phi) is 7.20. The van der Waals surface area contributed by atoms with Gasteiger partial charge < -0.3 is 64.5 Å². The van der Waals surface area contributed by atoms with Crippen molar-refractivity contribution in [3.05, 3.63) is 0 Å². The first kappa shape index (κ1) is 22.2. The summed E-state index contributed by atoms with van der Waals surface area (Å²) in [6.45, 7) is -0.868. The highest BCUT2D eigenvalue weighted by atomic mass is 16.8. The normalized spacial score (nSPS) is 53.1. The van der Waals surface area contributed by atoms with E-state index in [1.165, 1.54) is 0 Å². The second-order valence-corrected chi connectivity index (χ2v) is 6.99. The summed E-state index contributed by atoms with van der Waals surface area (Å²) in [5.74, 6) is 0. The van der Waals surface area contributed by atoms with Gasteiger partial charge in [0.25, 0.3) is 0 Å². The lowest BCUT2D eigenvalue weighted by Gasteiger charge is -2.43. The molecule has 0 bridgehead atoms. The molecule has 0 aromatic heterocycles. The Bertz CT molecular complexity index is 464. The monoisotopic (exact) mass is 414 g/mol. The standard InChI is InChI=1S/C15H26O13/c16-4-1-25-14(11(21)7(4)17)28-15-12(22)9(19)6(3-26-15)27-5-2-24-13(23)10(20)8(5)18/h4-23H,1-3H2/t4-,5-,6-,7+,8+,9+,10-,11+,12-,13+,14-,15+/m1/s1. The van der Waals surface area contributed by atoms with E-state index in [2.05, 4.69) is 0 Å². The Balaban J connectivity index is 1.54. The fraction of sp³-hybridized carbons (Fsp3) is 1.00. The van der Waals surface area contributed by atoms with Gasteiger partial charge in [-0.15, -0.1) is 0 Å². The Morgan fingerprint density at radius 2 is 1.00 bits per heavy atom. The third-order valence-electron chi connectivity index (χ3n) is 4.96. The summed E-state index contributed by atoms with van der Waals surface area (Å²) in [6.07, 6.45) is -17.3. The van der Waals surface area contributed by atoms with Crippen LogP contribution in [0.15, 0.2) is 0 Å². The van der Waals surface area contributed by atoms with Crippen LogP contribution in [0.1, 0.15) is 0 Å². The molecule has 8 N–H and O–H groups in total. The molecule has 0 unspecified atom stereocenters. The molecule has 3 saturated heterocycles. The van der Waals surface area contributed by atoms with Crippen LogP contribution in [-0.4, -0.2) is 134 Å². The lowest BCUT2D eigenvalue weighted by Crippen LogP contribution is -2.61. The van der Waals surface area contributed by atoms with Crippen LogP contribution in [0.2, 0.25) is 0 Å². The Hall–Kier alpha value is -0.520. The second-order valence-electron chi connectivity index (χ2n) is 6.99. The molecular weight excluding hydrogens is 388 g/mol. The van der Waals surface area contributed by atoms with E-state index in [1.54, 1.807) is 0 Å². The second kappa shape index (κ2) is 9.09. The maximum absolute atomic E-state index is 10.3. The summed E-state index contributed by atoms with van der Waals surface area (Å²) in [6, 6.07) is 0. The van der Waals surface area contributed by atoms with Crippen LogP contribution in [0.4, 0.5) is 0 Å². The number of ether oxygens (including phenoxy) is 5. The zero-order valence-corrected chi connectivity index (χ0v) is 14.7. The van der Waals surface area contributed by atoms with Gasteiger partial charge in [-0.05, 0) is 0 Å². The predicted molar refractivity (Wildman–Crippen MR) is 83.2 cm³/mol. The molecule has 0 radical (unpaired) electrons. The molecule has 12 atom stereocenters. The highest BCUT2D eigenvalue weighted by molar-refractivity contribution is 4.90. The first-order chi connectivity index (χ1) is 13.2. The Labute approximate surface area is 159 Å². The fourth-order valence-corrected chi connectivity index (χ4v) is 3.16. The number of aliphatic hydroxyl groups excluding tert-OH is 8. The number of rotatable bonds is 4. The van der Waals surface area contributed by atoms with E-state index in [1.807, 2.05) is 0 Å². The fourth-order valence-electron chi connectivity index (χ4n) is 3.16. The first-order valence-corrected chi connectivity index (χ1v) is 8.81. The molecule has 0 aliphatic carbocycles. The lowest BCUT2D eigenvalue weighted by molar-refractivity contribution is -0.358. The zero-order valence-electron chi connectivity index (χ0n) is 14.7. The van der Waals surface area contributed by atoms with Crippen LogP contribution in [0.25, 0.3) is 0 Å². The smallest absolute Gasteiger partial charge is 0.189 e. The number of hydrogen-bond acceptors (Lipinski definition) is 13. The van der Waals surface area contributed by atoms with Gasteiger partial charge in [0.15, 0.2) is 18.9 Å². The first-order valence-electron chi connectivity index (χ1n) is 8.81. The van der Waals surface area contributed by atoms with Crippen molar-refractivity contribution in [1.82, 2.24) is 0 Å². The predicted octanol–water partition coefficient (Wildman–Crippen LogP) is -5.66. The Morgan fingerprint density at radius 3 is 1.64 bits per heavy atom. The molecule has 13 heteroatoms. The van der Waals surface area contributed by atoms with Gasteiger partial charge in [-0.3, -0.25) is 0 Å². The minimum atomic E-state index is -1.64. The minimum Gasteiger partial charge on any atom is -0.388 e. The highest BCUT2D eigenvalue weighted by Gasteiger charge is 2.47. The van der Waals surface area contributed by atoms with Crippen molar-refractivity contribution < 1.29 is 64.5 Å². The van der Waals surface area contributed by atoms with Crippen molar-refractivity contribution in [2.45, 2.75) is 73.8 Å². The molecular formula is C15H26O13. The van der Waals surface area contributed by atoms with Crippen molar-refractivity contribution in [3.63, 3.8) is 0 Å². The molecule has 0 aromatic rings. The molecule has 3 heterocycles. The van der Waals surface area contributed by atoms with E-state index >= 15 is 0 Å². The number of hydrogen-bond donors (Lipinski definition) is 8. The number of aliphatic hydroxyl groups is 8. The van der Waals surface area contributed by atoms with Crippen molar-refractivity contribution in [2.75, 3.05) is 19.8 Å². The SMILES string of the molecule is O[C@@H]1[C@@H](O[C@@H]2OC[C@@H](O[C@@H]3CO[C@H](O)[C@H](O)[C@H]3O)[C@H](O)[C@H]2O)OC[C@@H](O)[C@@H]1O. The molecule has 3 aliphatic heterocycles. The third-order valence-corrected chi connectivity index (χ3v) is 4.96. The molecule has 0 saturated carbocycles. The summed E-state index contributed by atoms with van der Waals surface area (Å²) in [5.41, 5.74) is 0. The van der Waals surface area contributed by atoms with E-state index in [-0.39, 0.29) is 19.8 Å². The van der Waals surface area contributed by atoms with E-state index in [9.17, 15) is 40.9 Å². The third kappa shape index (κ3) is 4.46. The summed E-state index contributed by atoms with van der Waals surface area (Å²) in [4.78, 5) is 0. The molecule has 0 aromatic carbocycles. The average molecular weight is 414 g/mol. The van der Waals surface area contributed by atoms with E-state index < -0.39 is 73.8 Å². The van der Waals surface area contributed by atoms with Crippen molar-refractivity contribution >= 4 is 0 Å². The minimum absolute atomic E-state index is 0.263. The summed E-state index contributed by atoms with van der Waals surface area (Å²) in [5, 5.41) is 78.3. The molecule has 28 heavy (non-hydrogen) atoms. The molecule has 164 valence electrons. The van der Waals surface area contributed by atoms with Crippen LogP contribution in [0.3, 0.4) is 0 Å². The topological polar surface area (TPSA) is 208 Å². The van der Waals surface area contributed by atoms with Gasteiger partial charge in [0.2, 0.25) is 0 Å². The Morgan fingerprint density at radius 1 is 0.500 bits per heavy atom. The van der Waals surface area contributed by atoms with Crippen molar-refractivity contribution in [2.24, 2.45) is 0 Å². The van der Waals surface area contributed by atoms with Crippen molar-refractivity contribution in [3.8, 4) is 0 Å². The molecule has 0 spiro atoms. The molecule has 13 nitrogen and oxygen atoms in total. The quantitative estimate of drug-likeness (QED) is 0.216. The van der Waals surface area contributed by atoms with Gasteiger partial charge in [-0.2, -0.15) is 0 Å². The van der Waals surface area contributed by atoms with Gasteiger partial charge in [0.1, 0.15) is 54.9 Å². The van der Waals surface area contributed by atoms with Crippen LogP contribution in [-0.2, 0) is 23.7 Å². The van der Waals surface area contributed by atoms with Crippen molar-refractivity contribution in [1.29, 1.82) is 0 Å². The van der Waals surface area contributed by atoms with Gasteiger partial charge in [0.05, 0.1) is 19.8 Å². The molecule has 0 amide bonds. The zero-order chi connectivity index (χ0) is 20.6. The van der Waals surface area contributed by atoms with Crippen LogP contribution < -0.4 is 0 Å². The lowest BCUT2D eigenvalue weighted by atomic mass is 10.0. The average Bonchev–Trinajstić information content (AvgIpc) is 2.68. The van der Waals surface area contributed by atoms with Gasteiger partial charge in [-0.25, -0.2) is 0 Å². The van der Waals surface area contributed by atoms with Gasteiger partial charge in [-0.1, -0.05) is 0 Å².